The van der Waals surface area contributed by atoms with Crippen LogP contribution in [0.5, 0.6) is 5.75 Å². The molecule has 1 heterocycles. The van der Waals surface area contributed by atoms with Crippen molar-refractivity contribution in [1.29, 1.82) is 0 Å². The number of amides is 1. The molecule has 2 aromatic rings. The maximum Gasteiger partial charge on any atom is 0.341 e. The van der Waals surface area contributed by atoms with E-state index in [2.05, 4.69) is 10.4 Å². The highest BCUT2D eigenvalue weighted by Crippen LogP contribution is 2.28. The van der Waals surface area contributed by atoms with Gasteiger partial charge in [0.15, 0.2) is 6.61 Å². The van der Waals surface area contributed by atoms with Crippen LogP contribution in [0.3, 0.4) is 0 Å². The van der Waals surface area contributed by atoms with Gasteiger partial charge in [0.05, 0.1) is 9.95 Å². The molecule has 0 atom stereocenters. The third-order valence-electron chi connectivity index (χ3n) is 3.45. The van der Waals surface area contributed by atoms with Crippen molar-refractivity contribution >= 4 is 34.9 Å². The topological polar surface area (TPSA) is 137 Å². The molecule has 2 rings (SSSR count). The lowest BCUT2D eigenvalue weighted by Crippen LogP contribution is -2.40. The Kier molecular flexibility index (Phi) is 5.46. The summed E-state index contributed by atoms with van der Waals surface area (Å²) >= 11 is 6.00. The summed E-state index contributed by atoms with van der Waals surface area (Å²) in [7, 11) is 0. The predicted molar refractivity (Wildman–Crippen MR) is 91.4 cm³/mol. The van der Waals surface area contributed by atoms with Gasteiger partial charge in [-0.3, -0.25) is 19.6 Å². The molecule has 2 N–H and O–H groups in total. The number of nitrogens with zero attached hydrogens (tertiary/aromatic N) is 3. The van der Waals surface area contributed by atoms with E-state index < -0.39 is 28.9 Å². The lowest BCUT2D eigenvalue weighted by atomic mass is 10.0. The van der Waals surface area contributed by atoms with E-state index in [1.807, 2.05) is 0 Å². The monoisotopic (exact) mass is 382 g/mol. The fourth-order valence-corrected chi connectivity index (χ4v) is 2.17. The molecule has 10 nitrogen and oxygen atoms in total. The van der Waals surface area contributed by atoms with E-state index >= 15 is 0 Å². The summed E-state index contributed by atoms with van der Waals surface area (Å²) in [6, 6.07) is 4.31. The molecule has 26 heavy (non-hydrogen) atoms. The first-order chi connectivity index (χ1) is 12.1. The van der Waals surface area contributed by atoms with Crippen molar-refractivity contribution in [3.8, 4) is 5.75 Å². The second kappa shape index (κ2) is 7.40. The zero-order valence-corrected chi connectivity index (χ0v) is 14.6. The number of hydrogen-bond donors (Lipinski definition) is 2. The van der Waals surface area contributed by atoms with Gasteiger partial charge in [-0.15, -0.1) is 0 Å². The molecule has 0 fully saturated rings. The molecule has 0 aliphatic carbocycles. The number of nitro groups is 1. The summed E-state index contributed by atoms with van der Waals surface area (Å²) in [5, 5.41) is 26.0. The summed E-state index contributed by atoms with van der Waals surface area (Å²) in [5.74, 6) is -1.46. The molecule has 0 aliphatic rings. The van der Waals surface area contributed by atoms with Gasteiger partial charge in [0, 0.05) is 5.69 Å². The van der Waals surface area contributed by atoms with Crippen molar-refractivity contribution in [1.82, 2.24) is 9.78 Å². The van der Waals surface area contributed by atoms with Crippen molar-refractivity contribution < 1.29 is 24.4 Å². The minimum absolute atomic E-state index is 0.122. The third-order valence-corrected chi connectivity index (χ3v) is 3.74. The normalized spacial score (nSPS) is 11.0. The zero-order chi connectivity index (χ0) is 19.5. The van der Waals surface area contributed by atoms with Crippen LogP contribution in [0.15, 0.2) is 30.6 Å². The van der Waals surface area contributed by atoms with Gasteiger partial charge in [0.1, 0.15) is 23.7 Å². The molecule has 11 heteroatoms. The number of aliphatic carboxylic acids is 1. The van der Waals surface area contributed by atoms with E-state index in [1.54, 1.807) is 13.8 Å². The number of carbonyl (C=O) groups is 2. The Morgan fingerprint density at radius 1 is 1.46 bits per heavy atom. The number of benzene rings is 1. The Hall–Kier alpha value is -3.14. The highest BCUT2D eigenvalue weighted by Gasteiger charge is 2.32. The fourth-order valence-electron chi connectivity index (χ4n) is 1.94. The molecular weight excluding hydrogens is 368 g/mol. The molecule has 0 saturated carbocycles. The van der Waals surface area contributed by atoms with Crippen molar-refractivity contribution in [2.45, 2.75) is 19.4 Å². The maximum absolute atomic E-state index is 12.5. The van der Waals surface area contributed by atoms with Crippen LogP contribution in [-0.2, 0) is 15.1 Å². The van der Waals surface area contributed by atoms with E-state index in [9.17, 15) is 19.7 Å². The van der Waals surface area contributed by atoms with Crippen LogP contribution in [-0.4, -0.2) is 38.3 Å². The lowest BCUT2D eigenvalue weighted by Gasteiger charge is -2.24. The van der Waals surface area contributed by atoms with Gasteiger partial charge in [0.25, 0.3) is 5.91 Å². The summed E-state index contributed by atoms with van der Waals surface area (Å²) in [6.07, 6.45) is 2.22. The van der Waals surface area contributed by atoms with E-state index in [1.165, 1.54) is 22.9 Å². The van der Waals surface area contributed by atoms with Crippen molar-refractivity contribution in [3.63, 3.8) is 0 Å². The highest BCUT2D eigenvalue weighted by atomic mass is 35.5. The van der Waals surface area contributed by atoms with Crippen LogP contribution in [0, 0.1) is 10.1 Å². The first-order valence-electron chi connectivity index (χ1n) is 7.26. The van der Waals surface area contributed by atoms with Gasteiger partial charge in [-0.2, -0.15) is 5.10 Å². The van der Waals surface area contributed by atoms with Crippen LogP contribution in [0.1, 0.15) is 13.8 Å². The molecule has 138 valence electrons. The Bertz CT molecular complexity index is 864. The fraction of sp³-hybridized carbons (Fsp3) is 0.267. The van der Waals surface area contributed by atoms with E-state index in [0.717, 1.165) is 12.4 Å². The van der Waals surface area contributed by atoms with Gasteiger partial charge in [-0.25, -0.2) is 4.79 Å². The number of carboxylic acid groups (broad SMARTS) is 1. The standard InChI is InChI=1S/C15H15ClN4O6/c1-15(2,19-7-10(6-17-19)20(24)25)14(23)18-9-3-4-12(11(16)5-9)26-8-13(21)22/h3-7H,8H2,1-2H3,(H,18,23)(H,21,22). The lowest BCUT2D eigenvalue weighted by molar-refractivity contribution is -0.385. The molecule has 0 radical (unpaired) electrons. The van der Waals surface area contributed by atoms with E-state index in [0.29, 0.717) is 5.69 Å². The molecule has 0 unspecified atom stereocenters. The van der Waals surface area contributed by atoms with Crippen LogP contribution in [0.4, 0.5) is 11.4 Å². The Morgan fingerprint density at radius 3 is 2.69 bits per heavy atom. The number of halogens is 1. The van der Waals surface area contributed by atoms with Gasteiger partial charge in [-0.1, -0.05) is 11.6 Å². The van der Waals surface area contributed by atoms with Crippen LogP contribution in [0.2, 0.25) is 5.02 Å². The minimum atomic E-state index is -1.21. The highest BCUT2D eigenvalue weighted by molar-refractivity contribution is 6.32. The minimum Gasteiger partial charge on any atom is -0.480 e. The number of carboxylic acids is 1. The zero-order valence-electron chi connectivity index (χ0n) is 13.8. The number of hydrogen-bond acceptors (Lipinski definition) is 6. The number of rotatable bonds is 7. The van der Waals surface area contributed by atoms with Crippen molar-refractivity contribution in [2.24, 2.45) is 0 Å². The first kappa shape index (κ1) is 19.2. The van der Waals surface area contributed by atoms with Gasteiger partial charge < -0.3 is 15.2 Å². The average molecular weight is 383 g/mol. The number of carbonyl (C=O) groups excluding carboxylic acids is 1. The number of ether oxygens (including phenoxy) is 1. The third kappa shape index (κ3) is 4.28. The second-order valence-corrected chi connectivity index (χ2v) is 6.15. The van der Waals surface area contributed by atoms with Gasteiger partial charge in [-0.05, 0) is 32.0 Å². The van der Waals surface area contributed by atoms with E-state index in [4.69, 9.17) is 21.4 Å². The number of aromatic nitrogens is 2. The van der Waals surface area contributed by atoms with Crippen molar-refractivity contribution in [2.75, 3.05) is 11.9 Å². The second-order valence-electron chi connectivity index (χ2n) is 5.74. The smallest absolute Gasteiger partial charge is 0.341 e. The largest absolute Gasteiger partial charge is 0.480 e. The summed E-state index contributed by atoms with van der Waals surface area (Å²) < 4.78 is 6.18. The number of nitrogens with one attached hydrogen (secondary N) is 1. The molecular formula is C15H15ClN4O6. The van der Waals surface area contributed by atoms with Crippen molar-refractivity contribution in [3.05, 3.63) is 45.7 Å². The molecule has 0 spiro atoms. The SMILES string of the molecule is CC(C)(C(=O)Nc1ccc(OCC(=O)O)c(Cl)c1)n1cc([N+](=O)[O-])cn1. The summed E-state index contributed by atoms with van der Waals surface area (Å²) in [4.78, 5) is 33.2. The summed E-state index contributed by atoms with van der Waals surface area (Å²) in [6.45, 7) is 2.55. The molecule has 1 amide bonds. The van der Waals surface area contributed by atoms with Gasteiger partial charge >= 0.3 is 11.7 Å². The average Bonchev–Trinajstić information content (AvgIpc) is 3.04. The van der Waals surface area contributed by atoms with Crippen LogP contribution >= 0.6 is 11.6 Å². The molecule has 0 bridgehead atoms. The Labute approximate surface area is 152 Å². The van der Waals surface area contributed by atoms with Gasteiger partial charge in [0.2, 0.25) is 0 Å². The van der Waals surface area contributed by atoms with E-state index in [-0.39, 0.29) is 16.5 Å². The van der Waals surface area contributed by atoms with Crippen LogP contribution in [0.25, 0.3) is 0 Å². The predicted octanol–water partition coefficient (Wildman–Crippen LogP) is 2.28. The molecule has 1 aromatic heterocycles. The van der Waals surface area contributed by atoms with Crippen LogP contribution < -0.4 is 10.1 Å². The Balaban J connectivity index is 2.13. The molecule has 1 aromatic carbocycles. The summed E-state index contributed by atoms with van der Waals surface area (Å²) in [5.41, 5.74) is -1.09. The first-order valence-corrected chi connectivity index (χ1v) is 7.64. The molecule has 0 aliphatic heterocycles. The quantitative estimate of drug-likeness (QED) is 0.553. The number of anilines is 1. The molecule has 0 saturated heterocycles. The maximum atomic E-state index is 12.5. The Morgan fingerprint density at radius 2 is 2.15 bits per heavy atom.